The standard InChI is InChI=1S/C25H34ClN5O2/c1-6-31-23(19-8-7-18(29-16(2)3)13-20(19)33-5)21(26)22(30-31)24(32)28-15-25(14-27)11-9-17(4)10-12-25/h7-8,13,16-17,29H,6,9-12,15H2,1-5H3,(H,28,32). The highest BCUT2D eigenvalue weighted by molar-refractivity contribution is 6.36. The number of aryl methyl sites for hydroxylation is 1. The molecule has 0 bridgehead atoms. The third kappa shape index (κ3) is 5.44. The van der Waals surface area contributed by atoms with Gasteiger partial charge in [-0.05, 0) is 64.5 Å². The summed E-state index contributed by atoms with van der Waals surface area (Å²) in [6.07, 6.45) is 3.59. The molecule has 178 valence electrons. The van der Waals surface area contributed by atoms with Crippen molar-refractivity contribution in [2.45, 2.75) is 66.0 Å². The van der Waals surface area contributed by atoms with E-state index in [1.54, 1.807) is 11.8 Å². The molecule has 2 N–H and O–H groups in total. The lowest BCUT2D eigenvalue weighted by atomic mass is 9.72. The zero-order valence-electron chi connectivity index (χ0n) is 20.2. The van der Waals surface area contributed by atoms with Crippen molar-refractivity contribution in [3.8, 4) is 23.1 Å². The normalized spacial score (nSPS) is 20.4. The van der Waals surface area contributed by atoms with Crippen molar-refractivity contribution in [3.63, 3.8) is 0 Å². The van der Waals surface area contributed by atoms with Crippen molar-refractivity contribution in [1.29, 1.82) is 5.26 Å². The van der Waals surface area contributed by atoms with Gasteiger partial charge in [0.25, 0.3) is 5.91 Å². The average Bonchev–Trinajstić information content (AvgIpc) is 3.14. The topological polar surface area (TPSA) is 92.0 Å². The summed E-state index contributed by atoms with van der Waals surface area (Å²) in [5.41, 5.74) is 1.98. The Hall–Kier alpha value is -2.72. The minimum Gasteiger partial charge on any atom is -0.496 e. The van der Waals surface area contributed by atoms with Crippen LogP contribution in [0.3, 0.4) is 0 Å². The molecule has 1 aliphatic rings. The number of carbonyl (C=O) groups is 1. The number of aromatic nitrogens is 2. The summed E-state index contributed by atoms with van der Waals surface area (Å²) < 4.78 is 7.35. The van der Waals surface area contributed by atoms with Crippen molar-refractivity contribution >= 4 is 23.2 Å². The highest BCUT2D eigenvalue weighted by Crippen LogP contribution is 2.40. The van der Waals surface area contributed by atoms with E-state index in [1.165, 1.54) is 0 Å². The van der Waals surface area contributed by atoms with Crippen LogP contribution in [-0.2, 0) is 6.54 Å². The Kier molecular flexibility index (Phi) is 7.91. The van der Waals surface area contributed by atoms with Crippen molar-refractivity contribution in [2.75, 3.05) is 19.0 Å². The number of rotatable bonds is 8. The lowest BCUT2D eigenvalue weighted by Crippen LogP contribution is -2.39. The van der Waals surface area contributed by atoms with Gasteiger partial charge in [-0.3, -0.25) is 9.48 Å². The van der Waals surface area contributed by atoms with Crippen molar-refractivity contribution in [1.82, 2.24) is 15.1 Å². The summed E-state index contributed by atoms with van der Waals surface area (Å²) in [5.74, 6) is 0.902. The number of nitriles is 1. The van der Waals surface area contributed by atoms with Gasteiger partial charge in [-0.15, -0.1) is 0 Å². The van der Waals surface area contributed by atoms with Crippen LogP contribution in [0.1, 0.15) is 63.9 Å². The van der Waals surface area contributed by atoms with E-state index < -0.39 is 5.41 Å². The van der Waals surface area contributed by atoms with Crippen LogP contribution in [0.15, 0.2) is 18.2 Å². The summed E-state index contributed by atoms with van der Waals surface area (Å²) in [6, 6.07) is 8.53. The Morgan fingerprint density at radius 2 is 2.09 bits per heavy atom. The number of nitrogens with zero attached hydrogens (tertiary/aromatic N) is 3. The van der Waals surface area contributed by atoms with Crippen LogP contribution in [0, 0.1) is 22.7 Å². The number of hydrogen-bond acceptors (Lipinski definition) is 5. The van der Waals surface area contributed by atoms with Gasteiger partial charge in [0.05, 0.1) is 29.3 Å². The summed E-state index contributed by atoms with van der Waals surface area (Å²) in [4.78, 5) is 13.1. The Balaban J connectivity index is 1.87. The fraction of sp³-hybridized carbons (Fsp3) is 0.560. The Bertz CT molecular complexity index is 1030. The molecule has 1 aromatic carbocycles. The lowest BCUT2D eigenvalue weighted by Gasteiger charge is -2.33. The van der Waals surface area contributed by atoms with Crippen molar-refractivity contribution in [3.05, 3.63) is 28.9 Å². The summed E-state index contributed by atoms with van der Waals surface area (Å²) in [6.45, 7) is 9.13. The van der Waals surface area contributed by atoms with Crippen LogP contribution in [0.25, 0.3) is 11.3 Å². The average molecular weight is 472 g/mol. The van der Waals surface area contributed by atoms with Gasteiger partial charge in [0.15, 0.2) is 5.69 Å². The molecule has 0 atom stereocenters. The molecule has 0 radical (unpaired) electrons. The number of nitrogens with one attached hydrogen (secondary N) is 2. The fourth-order valence-electron chi connectivity index (χ4n) is 4.36. The maximum Gasteiger partial charge on any atom is 0.273 e. The van der Waals surface area contributed by atoms with Crippen LogP contribution >= 0.6 is 11.6 Å². The van der Waals surface area contributed by atoms with E-state index >= 15 is 0 Å². The smallest absolute Gasteiger partial charge is 0.273 e. The second-order valence-corrected chi connectivity index (χ2v) is 9.68. The van der Waals surface area contributed by atoms with Crippen LogP contribution in [0.2, 0.25) is 5.02 Å². The maximum absolute atomic E-state index is 13.1. The number of amides is 1. The van der Waals surface area contributed by atoms with E-state index in [4.69, 9.17) is 16.3 Å². The first-order valence-electron chi connectivity index (χ1n) is 11.6. The van der Waals surface area contributed by atoms with E-state index in [9.17, 15) is 10.1 Å². The minimum atomic E-state index is -0.521. The van der Waals surface area contributed by atoms with Gasteiger partial charge >= 0.3 is 0 Å². The number of anilines is 1. The molecule has 7 nitrogen and oxygen atoms in total. The molecule has 0 aliphatic heterocycles. The van der Waals surface area contributed by atoms with Gasteiger partial charge < -0.3 is 15.4 Å². The summed E-state index contributed by atoms with van der Waals surface area (Å²) in [5, 5.41) is 20.8. The highest BCUT2D eigenvalue weighted by atomic mass is 35.5. The molecule has 1 fully saturated rings. The minimum absolute atomic E-state index is 0.164. The molecule has 1 aromatic heterocycles. The Morgan fingerprint density at radius 1 is 1.39 bits per heavy atom. The van der Waals surface area contributed by atoms with E-state index in [0.717, 1.165) is 36.9 Å². The molecule has 3 rings (SSSR count). The molecule has 0 spiro atoms. The van der Waals surface area contributed by atoms with Gasteiger partial charge in [-0.2, -0.15) is 10.4 Å². The molecule has 0 saturated heterocycles. The number of ether oxygens (including phenoxy) is 1. The monoisotopic (exact) mass is 471 g/mol. The maximum atomic E-state index is 13.1. The first-order chi connectivity index (χ1) is 15.7. The quantitative estimate of drug-likeness (QED) is 0.530. The SMILES string of the molecule is CCn1nc(C(=O)NCC2(C#N)CCC(C)CC2)c(Cl)c1-c1ccc(NC(C)C)cc1OC. The van der Waals surface area contributed by atoms with E-state index in [-0.39, 0.29) is 22.7 Å². The molecule has 33 heavy (non-hydrogen) atoms. The Morgan fingerprint density at radius 3 is 2.67 bits per heavy atom. The molecule has 8 heteroatoms. The molecule has 2 aromatic rings. The first kappa shape index (κ1) is 24.9. The third-order valence-corrected chi connectivity index (χ3v) is 6.74. The molecule has 0 unspecified atom stereocenters. The summed E-state index contributed by atoms with van der Waals surface area (Å²) >= 11 is 6.72. The van der Waals surface area contributed by atoms with E-state index in [2.05, 4.69) is 42.6 Å². The molecule has 1 aliphatic carbocycles. The van der Waals surface area contributed by atoms with Gasteiger partial charge in [0, 0.05) is 36.4 Å². The first-order valence-corrected chi connectivity index (χ1v) is 12.0. The van der Waals surface area contributed by atoms with Crippen molar-refractivity contribution in [2.24, 2.45) is 11.3 Å². The highest BCUT2D eigenvalue weighted by Gasteiger charge is 2.35. The Labute approximate surface area is 201 Å². The number of methoxy groups -OCH3 is 1. The molecule has 1 saturated carbocycles. The number of benzene rings is 1. The zero-order chi connectivity index (χ0) is 24.2. The van der Waals surface area contributed by atoms with Crippen LogP contribution < -0.4 is 15.4 Å². The van der Waals surface area contributed by atoms with E-state index in [1.807, 2.05) is 25.1 Å². The second kappa shape index (κ2) is 10.5. The number of hydrogen-bond donors (Lipinski definition) is 2. The van der Waals surface area contributed by atoms with Gasteiger partial charge in [0.1, 0.15) is 5.75 Å². The van der Waals surface area contributed by atoms with Gasteiger partial charge in [-0.1, -0.05) is 18.5 Å². The van der Waals surface area contributed by atoms with Crippen LogP contribution in [0.5, 0.6) is 5.75 Å². The lowest BCUT2D eigenvalue weighted by molar-refractivity contribution is 0.0921. The van der Waals surface area contributed by atoms with Gasteiger partial charge in [-0.25, -0.2) is 0 Å². The third-order valence-electron chi connectivity index (χ3n) is 6.38. The zero-order valence-corrected chi connectivity index (χ0v) is 20.9. The predicted octanol–water partition coefficient (Wildman–Crippen LogP) is 5.50. The molecule has 1 heterocycles. The van der Waals surface area contributed by atoms with E-state index in [0.29, 0.717) is 30.5 Å². The molecule has 1 amide bonds. The van der Waals surface area contributed by atoms with Crippen LogP contribution in [0.4, 0.5) is 5.69 Å². The number of halogens is 1. The summed E-state index contributed by atoms with van der Waals surface area (Å²) in [7, 11) is 1.61. The molecular formula is C25H34ClN5O2. The van der Waals surface area contributed by atoms with Crippen molar-refractivity contribution < 1.29 is 9.53 Å². The van der Waals surface area contributed by atoms with Crippen LogP contribution in [-0.4, -0.2) is 35.4 Å². The fourth-order valence-corrected chi connectivity index (χ4v) is 4.68. The largest absolute Gasteiger partial charge is 0.496 e. The number of carbonyl (C=O) groups excluding carboxylic acids is 1. The molecular weight excluding hydrogens is 438 g/mol. The van der Waals surface area contributed by atoms with Gasteiger partial charge in [0.2, 0.25) is 0 Å². The predicted molar refractivity (Wildman–Crippen MR) is 132 cm³/mol. The second-order valence-electron chi connectivity index (χ2n) is 9.30.